The molecule has 2 rings (SSSR count). The maximum absolute atomic E-state index is 5.32. The summed E-state index contributed by atoms with van der Waals surface area (Å²) in [6, 6.07) is 0. The average Bonchev–Trinajstić information content (AvgIpc) is 2.46. The Labute approximate surface area is 72.2 Å². The smallest absolute Gasteiger partial charge is 0.109 e. The van der Waals surface area contributed by atoms with Gasteiger partial charge in [-0.2, -0.15) is 0 Å². The lowest BCUT2D eigenvalue weighted by Crippen LogP contribution is -2.08. The summed E-state index contributed by atoms with van der Waals surface area (Å²) in [6.07, 6.45) is 0.957. The summed E-state index contributed by atoms with van der Waals surface area (Å²) in [4.78, 5) is 7.81. The summed E-state index contributed by atoms with van der Waals surface area (Å²) in [7, 11) is 0. The lowest BCUT2D eigenvalue weighted by atomic mass is 10.2. The van der Waals surface area contributed by atoms with E-state index in [1.54, 1.807) is 0 Å². The second-order valence-electron chi connectivity index (χ2n) is 3.50. The third-order valence-corrected chi connectivity index (χ3v) is 2.16. The highest BCUT2D eigenvalue weighted by atomic mass is 16.5. The molecule has 0 spiro atoms. The third-order valence-electron chi connectivity index (χ3n) is 2.16. The third kappa shape index (κ3) is 1.25. The van der Waals surface area contributed by atoms with Crippen molar-refractivity contribution in [2.75, 3.05) is 6.61 Å². The van der Waals surface area contributed by atoms with Gasteiger partial charge in [-0.1, -0.05) is 13.8 Å². The molecule has 1 aliphatic rings. The first-order valence-corrected chi connectivity index (χ1v) is 4.43. The maximum atomic E-state index is 5.32. The zero-order chi connectivity index (χ0) is 8.55. The number of hydrogen-bond acceptors (Lipinski definition) is 2. The summed E-state index contributed by atoms with van der Waals surface area (Å²) < 4.78 is 5.32. The number of hydrogen-bond donors (Lipinski definition) is 1. The summed E-state index contributed by atoms with van der Waals surface area (Å²) in [5.41, 5.74) is 2.37. The molecule has 3 heteroatoms. The number of imidazole rings is 1. The highest BCUT2D eigenvalue weighted by molar-refractivity contribution is 5.17. The quantitative estimate of drug-likeness (QED) is 0.688. The Bertz CT molecular complexity index is 255. The number of ether oxygens (including phenoxy) is 1. The van der Waals surface area contributed by atoms with Gasteiger partial charge in [0.2, 0.25) is 0 Å². The first kappa shape index (κ1) is 7.80. The van der Waals surface area contributed by atoms with Gasteiger partial charge >= 0.3 is 0 Å². The molecule has 0 fully saturated rings. The maximum Gasteiger partial charge on any atom is 0.109 e. The van der Waals surface area contributed by atoms with E-state index in [1.165, 1.54) is 11.4 Å². The number of fused-ring (bicyclic) bond motifs is 1. The van der Waals surface area contributed by atoms with Crippen LogP contribution in [0.1, 0.15) is 37.0 Å². The number of aromatic amines is 1. The van der Waals surface area contributed by atoms with Crippen molar-refractivity contribution in [3.05, 3.63) is 17.2 Å². The van der Waals surface area contributed by atoms with Crippen LogP contribution in [-0.4, -0.2) is 16.6 Å². The number of nitrogens with one attached hydrogen (secondary N) is 1. The Morgan fingerprint density at radius 3 is 3.00 bits per heavy atom. The number of H-pyrrole nitrogens is 1. The largest absolute Gasteiger partial charge is 0.375 e. The van der Waals surface area contributed by atoms with Gasteiger partial charge in [0, 0.05) is 12.3 Å². The molecule has 1 aliphatic heterocycles. The molecule has 1 N–H and O–H groups in total. The second-order valence-corrected chi connectivity index (χ2v) is 3.50. The lowest BCUT2D eigenvalue weighted by molar-refractivity contribution is 0.107. The number of aromatic nitrogens is 2. The minimum Gasteiger partial charge on any atom is -0.375 e. The monoisotopic (exact) mass is 166 g/mol. The normalized spacial score (nSPS) is 16.6. The average molecular weight is 166 g/mol. The van der Waals surface area contributed by atoms with Crippen molar-refractivity contribution in [1.29, 1.82) is 0 Å². The van der Waals surface area contributed by atoms with E-state index in [2.05, 4.69) is 23.8 Å². The van der Waals surface area contributed by atoms with Crippen molar-refractivity contribution in [1.82, 2.24) is 9.97 Å². The SMILES string of the molecule is CC(C)c1nc2c([nH]1)COCC2. The van der Waals surface area contributed by atoms with Gasteiger partial charge in [0.05, 0.1) is 24.6 Å². The topological polar surface area (TPSA) is 37.9 Å². The molecular weight excluding hydrogens is 152 g/mol. The molecule has 0 saturated carbocycles. The van der Waals surface area contributed by atoms with Gasteiger partial charge in [0.1, 0.15) is 5.82 Å². The summed E-state index contributed by atoms with van der Waals surface area (Å²) >= 11 is 0. The standard InChI is InChI=1S/C9H14N2O/c1-6(2)9-10-7-3-4-12-5-8(7)11-9/h6H,3-5H2,1-2H3,(H,10,11). The van der Waals surface area contributed by atoms with E-state index in [9.17, 15) is 0 Å². The number of rotatable bonds is 1. The number of nitrogens with zero attached hydrogens (tertiary/aromatic N) is 1. The molecule has 1 aromatic rings. The molecular formula is C9H14N2O. The minimum absolute atomic E-state index is 0.482. The second kappa shape index (κ2) is 2.90. The molecule has 3 nitrogen and oxygen atoms in total. The fourth-order valence-electron chi connectivity index (χ4n) is 1.41. The Morgan fingerprint density at radius 1 is 1.50 bits per heavy atom. The molecule has 0 radical (unpaired) electrons. The van der Waals surface area contributed by atoms with Gasteiger partial charge in [0.15, 0.2) is 0 Å². The van der Waals surface area contributed by atoms with Crippen LogP contribution in [0.2, 0.25) is 0 Å². The van der Waals surface area contributed by atoms with Crippen molar-refractivity contribution in [2.45, 2.75) is 32.8 Å². The van der Waals surface area contributed by atoms with Gasteiger partial charge in [-0.15, -0.1) is 0 Å². The van der Waals surface area contributed by atoms with Crippen molar-refractivity contribution in [3.63, 3.8) is 0 Å². The molecule has 0 aliphatic carbocycles. The van der Waals surface area contributed by atoms with E-state index in [1.807, 2.05) is 0 Å². The highest BCUT2D eigenvalue weighted by Crippen LogP contribution is 2.18. The van der Waals surface area contributed by atoms with Crippen molar-refractivity contribution < 1.29 is 4.74 Å². The van der Waals surface area contributed by atoms with Crippen LogP contribution in [0.15, 0.2) is 0 Å². The molecule has 0 unspecified atom stereocenters. The first-order valence-electron chi connectivity index (χ1n) is 4.43. The summed E-state index contributed by atoms with van der Waals surface area (Å²) in [5, 5.41) is 0. The molecule has 0 atom stereocenters. The Morgan fingerprint density at radius 2 is 2.33 bits per heavy atom. The Balaban J connectivity index is 2.32. The van der Waals surface area contributed by atoms with Gasteiger partial charge < -0.3 is 9.72 Å². The van der Waals surface area contributed by atoms with E-state index in [0.29, 0.717) is 12.5 Å². The minimum atomic E-state index is 0.482. The summed E-state index contributed by atoms with van der Waals surface area (Å²) in [5.74, 6) is 1.57. The van der Waals surface area contributed by atoms with Crippen molar-refractivity contribution in [2.24, 2.45) is 0 Å². The zero-order valence-electron chi connectivity index (χ0n) is 7.55. The van der Waals surface area contributed by atoms with Crippen LogP contribution in [0.25, 0.3) is 0 Å². The van der Waals surface area contributed by atoms with Gasteiger partial charge in [0.25, 0.3) is 0 Å². The van der Waals surface area contributed by atoms with Crippen LogP contribution >= 0.6 is 0 Å². The van der Waals surface area contributed by atoms with Gasteiger partial charge in [-0.25, -0.2) is 4.98 Å². The molecule has 0 saturated heterocycles. The fourth-order valence-corrected chi connectivity index (χ4v) is 1.41. The van der Waals surface area contributed by atoms with Crippen LogP contribution in [-0.2, 0) is 17.8 Å². The van der Waals surface area contributed by atoms with E-state index in [-0.39, 0.29) is 0 Å². The van der Waals surface area contributed by atoms with Crippen LogP contribution in [0.5, 0.6) is 0 Å². The summed E-state index contributed by atoms with van der Waals surface area (Å²) in [6.45, 7) is 5.81. The van der Waals surface area contributed by atoms with Crippen molar-refractivity contribution >= 4 is 0 Å². The molecule has 1 aromatic heterocycles. The lowest BCUT2D eigenvalue weighted by Gasteiger charge is -2.09. The zero-order valence-corrected chi connectivity index (χ0v) is 7.55. The predicted octanol–water partition coefficient (Wildman–Crippen LogP) is 1.61. The molecule has 0 aromatic carbocycles. The Hall–Kier alpha value is -0.830. The molecule has 12 heavy (non-hydrogen) atoms. The van der Waals surface area contributed by atoms with Crippen LogP contribution < -0.4 is 0 Å². The van der Waals surface area contributed by atoms with Crippen LogP contribution in [0.4, 0.5) is 0 Å². The molecule has 0 bridgehead atoms. The van der Waals surface area contributed by atoms with E-state index < -0.39 is 0 Å². The van der Waals surface area contributed by atoms with Crippen LogP contribution in [0.3, 0.4) is 0 Å². The molecule has 2 heterocycles. The first-order chi connectivity index (χ1) is 5.77. The van der Waals surface area contributed by atoms with E-state index >= 15 is 0 Å². The van der Waals surface area contributed by atoms with Gasteiger partial charge in [-0.05, 0) is 0 Å². The molecule has 0 amide bonds. The van der Waals surface area contributed by atoms with Crippen LogP contribution in [0, 0.1) is 0 Å². The van der Waals surface area contributed by atoms with E-state index in [4.69, 9.17) is 4.74 Å². The van der Waals surface area contributed by atoms with Gasteiger partial charge in [-0.3, -0.25) is 0 Å². The fraction of sp³-hybridized carbons (Fsp3) is 0.667. The van der Waals surface area contributed by atoms with Crippen molar-refractivity contribution in [3.8, 4) is 0 Å². The predicted molar refractivity (Wildman–Crippen MR) is 46.0 cm³/mol. The molecule has 66 valence electrons. The Kier molecular flexibility index (Phi) is 1.89. The van der Waals surface area contributed by atoms with E-state index in [0.717, 1.165) is 18.9 Å². The highest BCUT2D eigenvalue weighted by Gasteiger charge is 2.15.